The molecule has 0 bridgehead atoms. The lowest BCUT2D eigenvalue weighted by atomic mass is 10.0. The monoisotopic (exact) mass is 279 g/mol. The fraction of sp³-hybridized carbons (Fsp3) is 0.733. The van der Waals surface area contributed by atoms with Crippen LogP contribution in [-0.4, -0.2) is 39.7 Å². The van der Waals surface area contributed by atoms with Crippen LogP contribution in [0.2, 0.25) is 0 Å². The van der Waals surface area contributed by atoms with Crippen LogP contribution in [0.25, 0.3) is 0 Å². The molecule has 1 aliphatic heterocycles. The normalized spacial score (nSPS) is 16.1. The van der Waals surface area contributed by atoms with Gasteiger partial charge in [-0.1, -0.05) is 13.8 Å². The Morgan fingerprint density at radius 1 is 1.35 bits per heavy atom. The minimum absolute atomic E-state index is 0.230. The van der Waals surface area contributed by atoms with Crippen LogP contribution < -0.4 is 0 Å². The zero-order valence-electron chi connectivity index (χ0n) is 13.1. The number of H-pyrrole nitrogens is 1. The maximum atomic E-state index is 11.9. The zero-order chi connectivity index (χ0) is 14.9. The molecule has 112 valence electrons. The highest BCUT2D eigenvalue weighted by atomic mass is 16.6. The smallest absolute Gasteiger partial charge is 0.410 e. The van der Waals surface area contributed by atoms with E-state index in [1.54, 1.807) is 4.90 Å². The SMILES string of the molecule is CCc1nc(C2CN(C(=O)OC(C)(C)C)C2)[nH]c1CC. The molecule has 1 amide bonds. The molecule has 1 N–H and O–H groups in total. The van der Waals surface area contributed by atoms with Gasteiger partial charge in [-0.2, -0.15) is 0 Å². The number of likely N-dealkylation sites (tertiary alicyclic amines) is 1. The number of ether oxygens (including phenoxy) is 1. The van der Waals surface area contributed by atoms with Crippen molar-refractivity contribution in [2.75, 3.05) is 13.1 Å². The van der Waals surface area contributed by atoms with Gasteiger partial charge in [0, 0.05) is 18.8 Å². The van der Waals surface area contributed by atoms with Gasteiger partial charge in [0.2, 0.25) is 0 Å². The number of nitrogens with zero attached hydrogens (tertiary/aromatic N) is 2. The minimum atomic E-state index is -0.433. The van der Waals surface area contributed by atoms with E-state index < -0.39 is 5.60 Å². The van der Waals surface area contributed by atoms with E-state index >= 15 is 0 Å². The molecule has 1 fully saturated rings. The van der Waals surface area contributed by atoms with Crippen molar-refractivity contribution in [2.45, 2.75) is 59.0 Å². The van der Waals surface area contributed by atoms with E-state index in [4.69, 9.17) is 4.74 Å². The van der Waals surface area contributed by atoms with E-state index in [1.807, 2.05) is 20.8 Å². The van der Waals surface area contributed by atoms with E-state index in [0.717, 1.165) is 24.4 Å². The third kappa shape index (κ3) is 3.14. The highest BCUT2D eigenvalue weighted by molar-refractivity contribution is 5.69. The summed E-state index contributed by atoms with van der Waals surface area (Å²) in [6.07, 6.45) is 1.69. The molecule has 1 aromatic heterocycles. The van der Waals surface area contributed by atoms with Crippen LogP contribution in [0.1, 0.15) is 57.7 Å². The predicted octanol–water partition coefficient (Wildman–Crippen LogP) is 2.87. The van der Waals surface area contributed by atoms with Crippen molar-refractivity contribution in [3.63, 3.8) is 0 Å². The van der Waals surface area contributed by atoms with Crippen LogP contribution >= 0.6 is 0 Å². The van der Waals surface area contributed by atoms with E-state index in [-0.39, 0.29) is 6.09 Å². The van der Waals surface area contributed by atoms with Crippen LogP contribution in [0.15, 0.2) is 0 Å². The molecule has 2 rings (SSSR count). The molecule has 5 heteroatoms. The van der Waals surface area contributed by atoms with Crippen molar-refractivity contribution in [3.05, 3.63) is 17.2 Å². The van der Waals surface area contributed by atoms with Crippen LogP contribution in [0.4, 0.5) is 4.79 Å². The highest BCUT2D eigenvalue weighted by Crippen LogP contribution is 2.27. The van der Waals surface area contributed by atoms with Gasteiger partial charge in [-0.25, -0.2) is 9.78 Å². The third-order valence-corrected chi connectivity index (χ3v) is 3.49. The fourth-order valence-corrected chi connectivity index (χ4v) is 2.37. The molecule has 0 unspecified atom stereocenters. The summed E-state index contributed by atoms with van der Waals surface area (Å²) in [4.78, 5) is 21.7. The van der Waals surface area contributed by atoms with Gasteiger partial charge in [0.15, 0.2) is 0 Å². The Balaban J connectivity index is 1.93. The first-order valence-corrected chi connectivity index (χ1v) is 7.39. The van der Waals surface area contributed by atoms with Gasteiger partial charge in [0.1, 0.15) is 11.4 Å². The van der Waals surface area contributed by atoms with E-state index in [2.05, 4.69) is 23.8 Å². The van der Waals surface area contributed by atoms with Crippen molar-refractivity contribution in [2.24, 2.45) is 0 Å². The Morgan fingerprint density at radius 2 is 2.00 bits per heavy atom. The third-order valence-electron chi connectivity index (χ3n) is 3.49. The Hall–Kier alpha value is -1.52. The van der Waals surface area contributed by atoms with E-state index in [1.165, 1.54) is 5.69 Å². The number of aromatic amines is 1. The lowest BCUT2D eigenvalue weighted by molar-refractivity contribution is 0.00758. The number of rotatable bonds is 3. The maximum Gasteiger partial charge on any atom is 0.410 e. The summed E-state index contributed by atoms with van der Waals surface area (Å²) in [7, 11) is 0. The zero-order valence-corrected chi connectivity index (χ0v) is 13.1. The molecular formula is C15H25N3O2. The number of carbonyl (C=O) groups is 1. The maximum absolute atomic E-state index is 11.9. The molecule has 0 radical (unpaired) electrons. The molecular weight excluding hydrogens is 254 g/mol. The van der Waals surface area contributed by atoms with Crippen molar-refractivity contribution in [3.8, 4) is 0 Å². The quantitative estimate of drug-likeness (QED) is 0.925. The largest absolute Gasteiger partial charge is 0.444 e. The van der Waals surface area contributed by atoms with Gasteiger partial charge in [-0.15, -0.1) is 0 Å². The molecule has 0 aromatic carbocycles. The van der Waals surface area contributed by atoms with Gasteiger partial charge >= 0.3 is 6.09 Å². The summed E-state index contributed by atoms with van der Waals surface area (Å²) in [5, 5.41) is 0. The van der Waals surface area contributed by atoms with E-state index in [0.29, 0.717) is 19.0 Å². The van der Waals surface area contributed by atoms with Crippen molar-refractivity contribution in [1.82, 2.24) is 14.9 Å². The summed E-state index contributed by atoms with van der Waals surface area (Å²) in [5.74, 6) is 1.33. The van der Waals surface area contributed by atoms with Gasteiger partial charge in [-0.05, 0) is 33.6 Å². The van der Waals surface area contributed by atoms with Crippen molar-refractivity contribution < 1.29 is 9.53 Å². The number of aryl methyl sites for hydroxylation is 2. The predicted molar refractivity (Wildman–Crippen MR) is 77.9 cm³/mol. The summed E-state index contributed by atoms with van der Waals surface area (Å²) in [6.45, 7) is 11.3. The number of hydrogen-bond acceptors (Lipinski definition) is 3. The van der Waals surface area contributed by atoms with Crippen LogP contribution in [0.5, 0.6) is 0 Å². The first-order chi connectivity index (χ1) is 9.34. The minimum Gasteiger partial charge on any atom is -0.444 e. The molecule has 5 nitrogen and oxygen atoms in total. The van der Waals surface area contributed by atoms with Gasteiger partial charge in [-0.3, -0.25) is 0 Å². The second kappa shape index (κ2) is 5.46. The number of nitrogens with one attached hydrogen (secondary N) is 1. The van der Waals surface area contributed by atoms with Crippen LogP contribution in [0.3, 0.4) is 0 Å². The Kier molecular flexibility index (Phi) is 4.06. The molecule has 20 heavy (non-hydrogen) atoms. The second-order valence-electron chi connectivity index (χ2n) is 6.34. The highest BCUT2D eigenvalue weighted by Gasteiger charge is 2.36. The number of amides is 1. The number of aromatic nitrogens is 2. The lowest BCUT2D eigenvalue weighted by Crippen LogP contribution is -2.50. The summed E-state index contributed by atoms with van der Waals surface area (Å²) < 4.78 is 5.35. The molecule has 0 aliphatic carbocycles. The second-order valence-corrected chi connectivity index (χ2v) is 6.34. The van der Waals surface area contributed by atoms with Gasteiger partial charge in [0.05, 0.1) is 11.6 Å². The number of carbonyl (C=O) groups excluding carboxylic acids is 1. The van der Waals surface area contributed by atoms with E-state index in [9.17, 15) is 4.79 Å². The topological polar surface area (TPSA) is 58.2 Å². The summed E-state index contributed by atoms with van der Waals surface area (Å²) >= 11 is 0. The van der Waals surface area contributed by atoms with Gasteiger partial charge < -0.3 is 14.6 Å². The fourth-order valence-electron chi connectivity index (χ4n) is 2.37. The first kappa shape index (κ1) is 14.9. The molecule has 1 aliphatic rings. The lowest BCUT2D eigenvalue weighted by Gasteiger charge is -2.38. The Morgan fingerprint density at radius 3 is 2.45 bits per heavy atom. The Bertz CT molecular complexity index is 460. The van der Waals surface area contributed by atoms with Crippen molar-refractivity contribution in [1.29, 1.82) is 0 Å². The molecule has 1 saturated heterocycles. The number of hydrogen-bond donors (Lipinski definition) is 1. The average molecular weight is 279 g/mol. The number of imidazole rings is 1. The molecule has 0 saturated carbocycles. The average Bonchev–Trinajstić information content (AvgIpc) is 2.67. The standard InChI is InChI=1S/C15H25N3O2/c1-6-11-12(7-2)17-13(16-11)10-8-18(9-10)14(19)20-15(3,4)5/h10H,6-9H2,1-5H3,(H,16,17). The summed E-state index contributed by atoms with van der Waals surface area (Å²) in [6, 6.07) is 0. The summed E-state index contributed by atoms with van der Waals surface area (Å²) in [5.41, 5.74) is 1.94. The molecule has 1 aromatic rings. The first-order valence-electron chi connectivity index (χ1n) is 7.39. The Labute approximate surface area is 120 Å². The molecule has 2 heterocycles. The molecule has 0 spiro atoms. The van der Waals surface area contributed by atoms with Crippen LogP contribution in [0, 0.1) is 0 Å². The van der Waals surface area contributed by atoms with Crippen LogP contribution in [-0.2, 0) is 17.6 Å². The molecule has 0 atom stereocenters. The van der Waals surface area contributed by atoms with Gasteiger partial charge in [0.25, 0.3) is 0 Å². The van der Waals surface area contributed by atoms with Crippen molar-refractivity contribution >= 4 is 6.09 Å².